The first-order chi connectivity index (χ1) is 31.9. The van der Waals surface area contributed by atoms with Crippen molar-refractivity contribution in [3.63, 3.8) is 0 Å². The monoisotopic (exact) mass is 849 g/mol. The van der Waals surface area contributed by atoms with Gasteiger partial charge in [-0.25, -0.2) is 0 Å². The maximum absolute atomic E-state index is 10.7. The average Bonchev–Trinajstić information content (AvgIpc) is 3.85. The van der Waals surface area contributed by atoms with E-state index in [9.17, 15) is 5.26 Å². The van der Waals surface area contributed by atoms with Crippen molar-refractivity contribution in [3.05, 3.63) is 217 Å². The van der Waals surface area contributed by atoms with Crippen LogP contribution < -0.4 is 0 Å². The van der Waals surface area contributed by atoms with Crippen LogP contribution in [0, 0.1) is 11.3 Å². The Morgan fingerprint density at radius 3 is 1.09 bits per heavy atom. The quantitative estimate of drug-likeness (QED) is 0.164. The van der Waals surface area contributed by atoms with Crippen molar-refractivity contribution < 1.29 is 0 Å². The largest absolute Gasteiger partial charge is 0.309 e. The number of nitrogens with zero attached hydrogens (tertiary/aromatic N) is 3. The number of fused-ring (bicyclic) bond motifs is 6. The van der Waals surface area contributed by atoms with Gasteiger partial charge in [0.1, 0.15) is 0 Å². The lowest BCUT2D eigenvalue weighted by atomic mass is 9.85. The van der Waals surface area contributed by atoms with Crippen LogP contribution in [0.5, 0.6) is 0 Å². The van der Waals surface area contributed by atoms with Crippen LogP contribution in [0.4, 0.5) is 0 Å². The normalized spacial score (nSPS) is 12.1. The molecule has 0 saturated carbocycles. The van der Waals surface area contributed by atoms with E-state index in [2.05, 4.69) is 245 Å². The van der Waals surface area contributed by atoms with Crippen molar-refractivity contribution >= 4 is 43.6 Å². The number of hydrogen-bond donors (Lipinski definition) is 0. The van der Waals surface area contributed by atoms with Crippen LogP contribution in [0.25, 0.3) is 99.5 Å². The molecule has 0 N–H and O–H groups in total. The van der Waals surface area contributed by atoms with E-state index >= 15 is 0 Å². The molecule has 0 unspecified atom stereocenters. The van der Waals surface area contributed by atoms with E-state index in [1.165, 1.54) is 54.9 Å². The molecule has 11 rings (SSSR count). The van der Waals surface area contributed by atoms with Gasteiger partial charge >= 0.3 is 0 Å². The van der Waals surface area contributed by atoms with Gasteiger partial charge in [0.15, 0.2) is 0 Å². The van der Waals surface area contributed by atoms with E-state index in [1.54, 1.807) is 0 Å². The van der Waals surface area contributed by atoms with Crippen LogP contribution in [0.2, 0.25) is 0 Å². The second-order valence-corrected chi connectivity index (χ2v) is 19.8. The molecule has 0 atom stereocenters. The van der Waals surface area contributed by atoms with E-state index in [4.69, 9.17) is 0 Å². The Bertz CT molecular complexity index is 3540. The summed E-state index contributed by atoms with van der Waals surface area (Å²) in [4.78, 5) is 0. The maximum atomic E-state index is 10.7. The molecule has 0 radical (unpaired) electrons. The highest BCUT2D eigenvalue weighted by atomic mass is 15.0. The number of nitriles is 1. The minimum absolute atomic E-state index is 0.00200. The molecule has 0 spiro atoms. The fourth-order valence-corrected chi connectivity index (χ4v) is 9.95. The molecule has 0 saturated heterocycles. The van der Waals surface area contributed by atoms with Crippen molar-refractivity contribution in [1.82, 2.24) is 9.13 Å². The van der Waals surface area contributed by atoms with Gasteiger partial charge in [-0.2, -0.15) is 5.26 Å². The lowest BCUT2D eigenvalue weighted by Gasteiger charge is -2.19. The van der Waals surface area contributed by atoms with E-state index in [-0.39, 0.29) is 10.8 Å². The van der Waals surface area contributed by atoms with E-state index < -0.39 is 0 Å². The van der Waals surface area contributed by atoms with Gasteiger partial charge in [0.2, 0.25) is 0 Å². The molecule has 3 heteroatoms. The molecular formula is C63H51N3. The molecule has 318 valence electrons. The molecule has 0 fully saturated rings. The first-order valence-electron chi connectivity index (χ1n) is 23.0. The van der Waals surface area contributed by atoms with Crippen molar-refractivity contribution in [3.8, 4) is 62.0 Å². The minimum Gasteiger partial charge on any atom is -0.309 e. The number of hydrogen-bond acceptors (Lipinski definition) is 1. The molecule has 0 aliphatic rings. The second-order valence-electron chi connectivity index (χ2n) is 19.8. The molecule has 3 nitrogen and oxygen atoms in total. The maximum Gasteiger partial charge on any atom is 0.0992 e. The van der Waals surface area contributed by atoms with Crippen LogP contribution in [0.3, 0.4) is 0 Å². The van der Waals surface area contributed by atoms with Crippen LogP contribution in [0.1, 0.15) is 58.2 Å². The number of benzene rings is 9. The Morgan fingerprint density at radius 1 is 0.333 bits per heavy atom. The Morgan fingerprint density at radius 2 is 0.697 bits per heavy atom. The van der Waals surface area contributed by atoms with Gasteiger partial charge in [0.25, 0.3) is 0 Å². The van der Waals surface area contributed by atoms with Crippen molar-refractivity contribution in [1.29, 1.82) is 5.26 Å². The summed E-state index contributed by atoms with van der Waals surface area (Å²) in [5, 5.41) is 15.6. The standard InChI is InChI=1S/C63H51N3/c1-62(2,3)48-27-31-60-54(38-48)55-39-49(63(4,5)6)28-32-61(55)66(60)57-24-16-14-22-51(57)47-34-41(40-64)33-46(35-47)50-21-13-15-23-56(50)65-58-29-25-44(42-17-9-7-10-18-42)36-52(58)53-37-45(26-30-59(53)65)43-19-11-8-12-20-43/h7-39H,1-6H3. The number of aromatic nitrogens is 2. The Hall–Kier alpha value is -7.93. The fourth-order valence-electron chi connectivity index (χ4n) is 9.95. The van der Waals surface area contributed by atoms with Gasteiger partial charge in [0, 0.05) is 32.7 Å². The summed E-state index contributed by atoms with van der Waals surface area (Å²) in [6.07, 6.45) is 0. The predicted molar refractivity (Wildman–Crippen MR) is 279 cm³/mol. The summed E-state index contributed by atoms with van der Waals surface area (Å²) in [5.74, 6) is 0. The lowest BCUT2D eigenvalue weighted by molar-refractivity contribution is 0.590. The second kappa shape index (κ2) is 15.7. The van der Waals surface area contributed by atoms with E-state index in [0.29, 0.717) is 5.56 Å². The average molecular weight is 850 g/mol. The van der Waals surface area contributed by atoms with Gasteiger partial charge < -0.3 is 9.13 Å². The summed E-state index contributed by atoms with van der Waals surface area (Å²) in [6, 6.07) is 75.1. The summed E-state index contributed by atoms with van der Waals surface area (Å²) in [6.45, 7) is 13.7. The summed E-state index contributed by atoms with van der Waals surface area (Å²) >= 11 is 0. The molecule has 2 aromatic heterocycles. The topological polar surface area (TPSA) is 33.6 Å². The highest BCUT2D eigenvalue weighted by Crippen LogP contribution is 2.43. The molecule has 0 bridgehead atoms. The third-order valence-corrected chi connectivity index (χ3v) is 13.5. The van der Waals surface area contributed by atoms with Crippen LogP contribution in [0.15, 0.2) is 200 Å². The van der Waals surface area contributed by atoms with Crippen LogP contribution in [-0.4, -0.2) is 9.13 Å². The molecule has 0 amide bonds. The van der Waals surface area contributed by atoms with Gasteiger partial charge in [-0.3, -0.25) is 0 Å². The molecule has 66 heavy (non-hydrogen) atoms. The van der Waals surface area contributed by atoms with Crippen LogP contribution >= 0.6 is 0 Å². The number of para-hydroxylation sites is 2. The van der Waals surface area contributed by atoms with Gasteiger partial charge in [-0.05, 0) is 134 Å². The highest BCUT2D eigenvalue weighted by Gasteiger charge is 2.23. The Kier molecular flexibility index (Phi) is 9.68. The van der Waals surface area contributed by atoms with Crippen LogP contribution in [-0.2, 0) is 10.8 Å². The fraction of sp³-hybridized carbons (Fsp3) is 0.127. The minimum atomic E-state index is 0.00200. The molecule has 0 aliphatic carbocycles. The summed E-state index contributed by atoms with van der Waals surface area (Å²) < 4.78 is 4.84. The first-order valence-corrected chi connectivity index (χ1v) is 23.0. The SMILES string of the molecule is CC(C)(C)c1ccc2c(c1)c1cc(C(C)(C)C)ccc1n2-c1ccccc1-c1cc(C#N)cc(-c2ccccc2-n2c3ccc(-c4ccccc4)cc3c3cc(-c4ccccc4)ccc32)c1. The van der Waals surface area contributed by atoms with Gasteiger partial charge in [-0.1, -0.05) is 163 Å². The predicted octanol–water partition coefficient (Wildman–Crippen LogP) is 17.0. The van der Waals surface area contributed by atoms with Crippen molar-refractivity contribution in [2.75, 3.05) is 0 Å². The molecule has 11 aromatic rings. The van der Waals surface area contributed by atoms with Gasteiger partial charge in [0.05, 0.1) is 45.1 Å². The zero-order valence-corrected chi connectivity index (χ0v) is 38.4. The smallest absolute Gasteiger partial charge is 0.0992 e. The first kappa shape index (κ1) is 40.8. The zero-order valence-electron chi connectivity index (χ0n) is 38.4. The highest BCUT2D eigenvalue weighted by molar-refractivity contribution is 6.13. The lowest BCUT2D eigenvalue weighted by Crippen LogP contribution is -2.10. The molecule has 2 heterocycles. The Labute approximate surface area is 387 Å². The molecular weight excluding hydrogens is 799 g/mol. The van der Waals surface area contributed by atoms with Gasteiger partial charge in [-0.15, -0.1) is 0 Å². The Balaban J connectivity index is 1.12. The third kappa shape index (κ3) is 6.98. The summed E-state index contributed by atoms with van der Waals surface area (Å²) in [7, 11) is 0. The third-order valence-electron chi connectivity index (χ3n) is 13.5. The number of rotatable bonds is 6. The molecule has 9 aromatic carbocycles. The molecule has 0 aliphatic heterocycles. The van der Waals surface area contributed by atoms with Crippen molar-refractivity contribution in [2.24, 2.45) is 0 Å². The summed E-state index contributed by atoms with van der Waals surface area (Å²) in [5.41, 5.74) is 18.8. The van der Waals surface area contributed by atoms with E-state index in [1.807, 2.05) is 12.1 Å². The van der Waals surface area contributed by atoms with Crippen molar-refractivity contribution in [2.45, 2.75) is 52.4 Å². The zero-order chi connectivity index (χ0) is 45.3. The van der Waals surface area contributed by atoms with E-state index in [0.717, 1.165) is 55.7 Å².